The minimum Gasteiger partial charge on any atom is -0.469 e. The van der Waals surface area contributed by atoms with E-state index < -0.39 is 10.0 Å². The summed E-state index contributed by atoms with van der Waals surface area (Å²) >= 11 is 0. The van der Waals surface area contributed by atoms with Gasteiger partial charge in [-0.25, -0.2) is 13.1 Å². The van der Waals surface area contributed by atoms with Gasteiger partial charge in [-0.3, -0.25) is 0 Å². The van der Waals surface area contributed by atoms with Crippen LogP contribution in [-0.2, 0) is 16.4 Å². The van der Waals surface area contributed by atoms with Crippen LogP contribution in [0.5, 0.6) is 0 Å². The highest BCUT2D eigenvalue weighted by atomic mass is 32.2. The molecule has 19 heavy (non-hydrogen) atoms. The first-order chi connectivity index (χ1) is 9.03. The summed E-state index contributed by atoms with van der Waals surface area (Å²) in [6.07, 6.45) is 3.74. The van der Waals surface area contributed by atoms with Gasteiger partial charge in [0.2, 0.25) is 10.0 Å². The van der Waals surface area contributed by atoms with Crippen molar-refractivity contribution < 1.29 is 12.8 Å². The largest absolute Gasteiger partial charge is 0.469 e. The van der Waals surface area contributed by atoms with Gasteiger partial charge in [-0.1, -0.05) is 6.92 Å². The molecule has 1 aromatic rings. The minimum absolute atomic E-state index is 0.0748. The molecular formula is C13H24N2O3S. The lowest BCUT2D eigenvalue weighted by Crippen LogP contribution is -2.35. The molecule has 0 radical (unpaired) electrons. The van der Waals surface area contributed by atoms with Gasteiger partial charge < -0.3 is 9.73 Å². The summed E-state index contributed by atoms with van der Waals surface area (Å²) in [5, 5.41) is 3.11. The summed E-state index contributed by atoms with van der Waals surface area (Å²) < 4.78 is 31.5. The van der Waals surface area contributed by atoms with Crippen LogP contribution in [0.15, 0.2) is 22.8 Å². The van der Waals surface area contributed by atoms with Crippen molar-refractivity contribution in [2.24, 2.45) is 0 Å². The first kappa shape index (κ1) is 16.2. The van der Waals surface area contributed by atoms with Crippen LogP contribution >= 0.6 is 0 Å². The topological polar surface area (TPSA) is 71.3 Å². The smallest absolute Gasteiger partial charge is 0.211 e. The second kappa shape index (κ2) is 8.35. The number of rotatable bonds is 10. The normalized spacial score (nSPS) is 13.6. The fourth-order valence-corrected chi connectivity index (χ4v) is 3.18. The van der Waals surface area contributed by atoms with Crippen LogP contribution in [0.25, 0.3) is 0 Å². The average Bonchev–Trinajstić information content (AvgIpc) is 2.85. The van der Waals surface area contributed by atoms with E-state index in [-0.39, 0.29) is 11.8 Å². The molecule has 0 aliphatic carbocycles. The number of hydrogen-bond donors (Lipinski definition) is 2. The monoisotopic (exact) mass is 288 g/mol. The zero-order valence-corrected chi connectivity index (χ0v) is 12.5. The third-order valence-electron chi connectivity index (χ3n) is 2.80. The van der Waals surface area contributed by atoms with Crippen LogP contribution in [0, 0.1) is 0 Å². The predicted molar refractivity (Wildman–Crippen MR) is 76.6 cm³/mol. The lowest BCUT2D eigenvalue weighted by Gasteiger charge is -2.13. The van der Waals surface area contributed by atoms with Gasteiger partial charge in [-0.15, -0.1) is 0 Å². The van der Waals surface area contributed by atoms with E-state index in [4.69, 9.17) is 4.42 Å². The van der Waals surface area contributed by atoms with Gasteiger partial charge in [-0.05, 0) is 45.0 Å². The summed E-state index contributed by atoms with van der Waals surface area (Å²) in [6, 6.07) is 3.66. The number of nitrogens with one attached hydrogen (secondary N) is 2. The molecule has 0 fully saturated rings. The highest BCUT2D eigenvalue weighted by Crippen LogP contribution is 2.06. The zero-order chi connectivity index (χ0) is 14.1. The van der Waals surface area contributed by atoms with E-state index in [2.05, 4.69) is 10.0 Å². The average molecular weight is 288 g/mol. The molecule has 0 amide bonds. The van der Waals surface area contributed by atoms with E-state index in [9.17, 15) is 8.42 Å². The fraction of sp³-hybridized carbons (Fsp3) is 0.692. The zero-order valence-electron chi connectivity index (χ0n) is 11.7. The lowest BCUT2D eigenvalue weighted by molar-refractivity contribution is 0.479. The van der Waals surface area contributed by atoms with Crippen molar-refractivity contribution in [2.45, 2.75) is 39.2 Å². The molecule has 0 aliphatic rings. The molecule has 2 N–H and O–H groups in total. The van der Waals surface area contributed by atoms with E-state index in [1.807, 2.05) is 26.0 Å². The van der Waals surface area contributed by atoms with Gasteiger partial charge in [0.05, 0.1) is 12.0 Å². The Morgan fingerprint density at radius 3 is 2.84 bits per heavy atom. The Morgan fingerprint density at radius 2 is 2.21 bits per heavy atom. The van der Waals surface area contributed by atoms with Gasteiger partial charge >= 0.3 is 0 Å². The minimum atomic E-state index is -3.17. The standard InChI is InChI=1S/C13H24N2O3S/c1-3-14-9-5-11-19(16,17)15-12(2)7-8-13-6-4-10-18-13/h4,6,10,12,14-15H,3,5,7-9,11H2,1-2H3. The van der Waals surface area contributed by atoms with Crippen molar-refractivity contribution in [1.29, 1.82) is 0 Å². The summed E-state index contributed by atoms with van der Waals surface area (Å²) in [4.78, 5) is 0. The van der Waals surface area contributed by atoms with Gasteiger partial charge in [0.25, 0.3) is 0 Å². The Kier molecular flexibility index (Phi) is 7.12. The summed E-state index contributed by atoms with van der Waals surface area (Å²) in [5.74, 6) is 1.06. The van der Waals surface area contributed by atoms with Crippen LogP contribution < -0.4 is 10.0 Å². The molecule has 1 atom stereocenters. The molecule has 0 saturated heterocycles. The highest BCUT2D eigenvalue weighted by Gasteiger charge is 2.14. The Balaban J connectivity index is 2.23. The van der Waals surface area contributed by atoms with Crippen LogP contribution in [0.2, 0.25) is 0 Å². The first-order valence-corrected chi connectivity index (χ1v) is 8.42. The molecule has 5 nitrogen and oxygen atoms in total. The molecule has 0 saturated carbocycles. The molecule has 0 bridgehead atoms. The first-order valence-electron chi connectivity index (χ1n) is 6.76. The summed E-state index contributed by atoms with van der Waals surface area (Å²) in [5.41, 5.74) is 0. The Morgan fingerprint density at radius 1 is 1.42 bits per heavy atom. The van der Waals surface area contributed by atoms with E-state index in [1.54, 1.807) is 6.26 Å². The maximum absolute atomic E-state index is 11.8. The molecule has 1 unspecified atom stereocenters. The van der Waals surface area contributed by atoms with Gasteiger partial charge in [0.1, 0.15) is 5.76 Å². The molecule has 6 heteroatoms. The molecule has 0 spiro atoms. The molecular weight excluding hydrogens is 264 g/mol. The maximum Gasteiger partial charge on any atom is 0.211 e. The Labute approximate surface area is 115 Å². The molecule has 0 aromatic carbocycles. The highest BCUT2D eigenvalue weighted by molar-refractivity contribution is 7.89. The fourth-order valence-electron chi connectivity index (χ4n) is 1.80. The summed E-state index contributed by atoms with van der Waals surface area (Å²) in [7, 11) is -3.17. The molecule has 110 valence electrons. The predicted octanol–water partition coefficient (Wildman–Crippen LogP) is 1.52. The van der Waals surface area contributed by atoms with Gasteiger partial charge in [-0.2, -0.15) is 0 Å². The second-order valence-corrected chi connectivity index (χ2v) is 6.54. The van der Waals surface area contributed by atoms with Crippen molar-refractivity contribution in [2.75, 3.05) is 18.8 Å². The molecule has 1 aromatic heterocycles. The number of sulfonamides is 1. The van der Waals surface area contributed by atoms with Crippen molar-refractivity contribution in [3.63, 3.8) is 0 Å². The molecule has 1 rings (SSSR count). The molecule has 1 heterocycles. The third-order valence-corrected chi connectivity index (χ3v) is 4.39. The molecule has 0 aliphatic heterocycles. The second-order valence-electron chi connectivity index (χ2n) is 4.66. The quantitative estimate of drug-likeness (QED) is 0.640. The van der Waals surface area contributed by atoms with E-state index >= 15 is 0 Å². The van der Waals surface area contributed by atoms with E-state index in [1.165, 1.54) is 0 Å². The van der Waals surface area contributed by atoms with Crippen molar-refractivity contribution in [1.82, 2.24) is 10.0 Å². The van der Waals surface area contributed by atoms with Gasteiger partial charge in [0.15, 0.2) is 0 Å². The summed E-state index contributed by atoms with van der Waals surface area (Å²) in [6.45, 7) is 5.49. The van der Waals surface area contributed by atoms with Gasteiger partial charge in [0, 0.05) is 12.5 Å². The van der Waals surface area contributed by atoms with Crippen molar-refractivity contribution in [3.05, 3.63) is 24.2 Å². The van der Waals surface area contributed by atoms with Crippen LogP contribution in [-0.4, -0.2) is 33.3 Å². The SMILES string of the molecule is CCNCCCS(=O)(=O)NC(C)CCc1ccco1. The van der Waals surface area contributed by atoms with Crippen LogP contribution in [0.1, 0.15) is 32.4 Å². The van der Waals surface area contributed by atoms with E-state index in [0.29, 0.717) is 6.42 Å². The number of hydrogen-bond acceptors (Lipinski definition) is 4. The maximum atomic E-state index is 11.8. The van der Waals surface area contributed by atoms with Crippen LogP contribution in [0.4, 0.5) is 0 Å². The Hall–Kier alpha value is -0.850. The third kappa shape index (κ3) is 7.34. The van der Waals surface area contributed by atoms with Crippen LogP contribution in [0.3, 0.4) is 0 Å². The van der Waals surface area contributed by atoms with Crippen molar-refractivity contribution in [3.8, 4) is 0 Å². The van der Waals surface area contributed by atoms with Crippen molar-refractivity contribution >= 4 is 10.0 Å². The Bertz CT molecular complexity index is 429. The number of furan rings is 1. The number of aryl methyl sites for hydroxylation is 1. The lowest BCUT2D eigenvalue weighted by atomic mass is 10.2. The van der Waals surface area contributed by atoms with E-state index in [0.717, 1.165) is 31.7 Å².